The number of thiophene rings is 1. The molecule has 1 aromatic carbocycles. The van der Waals surface area contributed by atoms with Gasteiger partial charge in [-0.15, -0.1) is 11.3 Å². The summed E-state index contributed by atoms with van der Waals surface area (Å²) in [5, 5.41) is 2.29. The first-order chi connectivity index (χ1) is 13.8. The summed E-state index contributed by atoms with van der Waals surface area (Å²) in [5.74, 6) is -2.90. The first kappa shape index (κ1) is 20.5. The lowest BCUT2D eigenvalue weighted by atomic mass is 10.1. The molecule has 154 valence electrons. The molecule has 4 amide bonds. The Morgan fingerprint density at radius 2 is 2.00 bits per heavy atom. The molecule has 0 radical (unpaired) electrons. The van der Waals surface area contributed by atoms with Gasteiger partial charge in [0.1, 0.15) is 11.0 Å². The number of likely N-dealkylation sites (tertiary alicyclic amines) is 1. The average Bonchev–Trinajstić information content (AvgIpc) is 3.07. The minimum atomic E-state index is -1.08. The fraction of sp³-hybridized carbons (Fsp3) is 0.278. The number of carbonyl (C=O) groups excluding carboxylic acids is 3. The number of nitrogens with zero attached hydrogens (tertiary/aromatic N) is 1. The maximum absolute atomic E-state index is 14.1. The lowest BCUT2D eigenvalue weighted by Crippen LogP contribution is -2.46. The van der Waals surface area contributed by atoms with Crippen molar-refractivity contribution in [3.8, 4) is 10.4 Å². The fourth-order valence-corrected chi connectivity index (χ4v) is 4.05. The Labute approximate surface area is 168 Å². The fourth-order valence-electron chi connectivity index (χ4n) is 3.03. The molecule has 1 aromatic heterocycles. The summed E-state index contributed by atoms with van der Waals surface area (Å²) in [6.07, 6.45) is 0.559. The van der Waals surface area contributed by atoms with Crippen LogP contribution in [0.3, 0.4) is 0 Å². The molecule has 29 heavy (non-hydrogen) atoms. The summed E-state index contributed by atoms with van der Waals surface area (Å²) >= 11 is 0.825. The number of hydrogen-bond donors (Lipinski definition) is 3. The van der Waals surface area contributed by atoms with E-state index in [1.54, 1.807) is 0 Å². The maximum atomic E-state index is 14.1. The zero-order valence-corrected chi connectivity index (χ0v) is 15.9. The number of carbonyl (C=O) groups is 3. The molecule has 1 unspecified atom stereocenters. The molecular formula is C18H18F2N4O4S. The molecule has 1 aliphatic heterocycles. The highest BCUT2D eigenvalue weighted by atomic mass is 32.1. The van der Waals surface area contributed by atoms with Gasteiger partial charge in [-0.25, -0.2) is 23.2 Å². The molecule has 1 fully saturated rings. The van der Waals surface area contributed by atoms with Crippen LogP contribution in [0, 0.1) is 11.6 Å². The van der Waals surface area contributed by atoms with Gasteiger partial charge in [-0.1, -0.05) is 12.1 Å². The first-order valence-electron chi connectivity index (χ1n) is 8.66. The van der Waals surface area contributed by atoms with E-state index in [0.29, 0.717) is 19.4 Å². The number of nitrogens with one attached hydrogen (secondary N) is 1. The number of piperidine rings is 1. The molecule has 2 heterocycles. The molecule has 5 N–H and O–H groups in total. The third-order valence-corrected chi connectivity index (χ3v) is 5.50. The van der Waals surface area contributed by atoms with E-state index in [4.69, 9.17) is 16.2 Å². The number of amides is 4. The number of anilines is 1. The standard InChI is InChI=1S/C18H18F2N4O4S/c19-11-5-1-4-10(14(11)20)13-7-12(23-17(21)26)15(29-13)16(25)28-9-3-2-6-24(8-9)18(22)27/h1,4-5,7,9H,2-3,6,8H2,(H2,22,27)(H3,21,23,26). The van der Waals surface area contributed by atoms with Gasteiger partial charge < -0.3 is 26.4 Å². The zero-order chi connectivity index (χ0) is 21.1. The molecule has 1 saturated heterocycles. The largest absolute Gasteiger partial charge is 0.456 e. The lowest BCUT2D eigenvalue weighted by molar-refractivity contribution is 0.0134. The topological polar surface area (TPSA) is 128 Å². The van der Waals surface area contributed by atoms with Crippen LogP contribution in [0.5, 0.6) is 0 Å². The second kappa shape index (κ2) is 8.43. The smallest absolute Gasteiger partial charge is 0.350 e. The number of rotatable bonds is 4. The van der Waals surface area contributed by atoms with E-state index in [1.165, 1.54) is 23.1 Å². The summed E-state index contributed by atoms with van der Waals surface area (Å²) in [5.41, 5.74) is 10.4. The van der Waals surface area contributed by atoms with Crippen LogP contribution in [0.4, 0.5) is 24.1 Å². The molecule has 2 aromatic rings. The van der Waals surface area contributed by atoms with Crippen LogP contribution in [0.1, 0.15) is 22.5 Å². The molecule has 1 atom stereocenters. The molecule has 0 spiro atoms. The van der Waals surface area contributed by atoms with Crippen LogP contribution >= 0.6 is 11.3 Å². The SMILES string of the molecule is NC(=O)Nc1cc(-c2cccc(F)c2F)sc1C(=O)OC1CCCN(C(N)=O)C1. The van der Waals surface area contributed by atoms with Crippen molar-refractivity contribution in [2.75, 3.05) is 18.4 Å². The van der Waals surface area contributed by atoms with Crippen molar-refractivity contribution >= 4 is 35.1 Å². The zero-order valence-electron chi connectivity index (χ0n) is 15.1. The number of urea groups is 2. The number of ether oxygens (including phenoxy) is 1. The van der Waals surface area contributed by atoms with Gasteiger partial charge in [0, 0.05) is 17.0 Å². The van der Waals surface area contributed by atoms with E-state index in [1.807, 2.05) is 0 Å². The highest BCUT2D eigenvalue weighted by Gasteiger charge is 2.28. The van der Waals surface area contributed by atoms with Crippen molar-refractivity contribution in [1.29, 1.82) is 0 Å². The summed E-state index contributed by atoms with van der Waals surface area (Å²) in [7, 11) is 0. The lowest BCUT2D eigenvalue weighted by Gasteiger charge is -2.31. The van der Waals surface area contributed by atoms with Gasteiger partial charge in [0.25, 0.3) is 0 Å². The van der Waals surface area contributed by atoms with Gasteiger partial charge >= 0.3 is 18.0 Å². The third kappa shape index (κ3) is 4.62. The van der Waals surface area contributed by atoms with E-state index in [2.05, 4.69) is 5.32 Å². The van der Waals surface area contributed by atoms with E-state index in [9.17, 15) is 23.2 Å². The molecule has 0 saturated carbocycles. The third-order valence-electron chi connectivity index (χ3n) is 4.36. The van der Waals surface area contributed by atoms with Gasteiger partial charge in [-0.2, -0.15) is 0 Å². The van der Waals surface area contributed by atoms with Crippen LogP contribution in [-0.2, 0) is 4.74 Å². The Balaban J connectivity index is 1.88. The van der Waals surface area contributed by atoms with Crippen LogP contribution in [-0.4, -0.2) is 42.1 Å². The Morgan fingerprint density at radius 3 is 2.69 bits per heavy atom. The number of benzene rings is 1. The number of hydrogen-bond acceptors (Lipinski definition) is 5. The minimum absolute atomic E-state index is 0.0220. The van der Waals surface area contributed by atoms with Crippen molar-refractivity contribution in [2.24, 2.45) is 11.5 Å². The van der Waals surface area contributed by atoms with Gasteiger partial charge in [0.05, 0.1) is 12.2 Å². The summed E-state index contributed by atoms with van der Waals surface area (Å²) in [6, 6.07) is 3.42. The predicted molar refractivity (Wildman–Crippen MR) is 102 cm³/mol. The van der Waals surface area contributed by atoms with Crippen molar-refractivity contribution in [3.63, 3.8) is 0 Å². The Bertz CT molecular complexity index is 965. The molecule has 0 aliphatic carbocycles. The van der Waals surface area contributed by atoms with Crippen LogP contribution in [0.25, 0.3) is 10.4 Å². The summed E-state index contributed by atoms with van der Waals surface area (Å²) in [4.78, 5) is 36.9. The van der Waals surface area contributed by atoms with E-state index in [0.717, 1.165) is 17.4 Å². The van der Waals surface area contributed by atoms with Crippen LogP contribution in [0.2, 0.25) is 0 Å². The van der Waals surface area contributed by atoms with Gasteiger partial charge in [0.15, 0.2) is 11.6 Å². The van der Waals surface area contributed by atoms with Crippen molar-refractivity contribution < 1.29 is 27.9 Å². The Kier molecular flexibility index (Phi) is 5.97. The summed E-state index contributed by atoms with van der Waals surface area (Å²) in [6.45, 7) is 0.621. The second-order valence-corrected chi connectivity index (χ2v) is 7.45. The predicted octanol–water partition coefficient (Wildman–Crippen LogP) is 2.88. The number of nitrogens with two attached hydrogens (primary N) is 2. The second-order valence-electron chi connectivity index (χ2n) is 6.40. The van der Waals surface area contributed by atoms with Gasteiger partial charge in [-0.3, -0.25) is 0 Å². The Morgan fingerprint density at radius 1 is 1.24 bits per heavy atom. The number of esters is 1. The van der Waals surface area contributed by atoms with Crippen LogP contribution < -0.4 is 16.8 Å². The number of halogens is 2. The first-order valence-corrected chi connectivity index (χ1v) is 9.48. The highest BCUT2D eigenvalue weighted by molar-refractivity contribution is 7.18. The quantitative estimate of drug-likeness (QED) is 0.652. The molecular weight excluding hydrogens is 406 g/mol. The van der Waals surface area contributed by atoms with Crippen molar-refractivity contribution in [3.05, 3.63) is 40.8 Å². The van der Waals surface area contributed by atoms with Gasteiger partial charge in [-0.05, 0) is 25.0 Å². The Hall–Kier alpha value is -3.21. The average molecular weight is 424 g/mol. The van der Waals surface area contributed by atoms with Crippen LogP contribution in [0.15, 0.2) is 24.3 Å². The maximum Gasteiger partial charge on any atom is 0.350 e. The van der Waals surface area contributed by atoms with E-state index in [-0.39, 0.29) is 27.5 Å². The molecule has 1 aliphatic rings. The summed E-state index contributed by atoms with van der Waals surface area (Å²) < 4.78 is 33.1. The number of primary amides is 2. The minimum Gasteiger partial charge on any atom is -0.456 e. The van der Waals surface area contributed by atoms with Crippen molar-refractivity contribution in [1.82, 2.24) is 4.90 Å². The monoisotopic (exact) mass is 424 g/mol. The van der Waals surface area contributed by atoms with Crippen molar-refractivity contribution in [2.45, 2.75) is 18.9 Å². The van der Waals surface area contributed by atoms with Gasteiger partial charge in [0.2, 0.25) is 0 Å². The normalized spacial score (nSPS) is 16.3. The highest BCUT2D eigenvalue weighted by Crippen LogP contribution is 2.37. The van der Waals surface area contributed by atoms with E-state index >= 15 is 0 Å². The molecule has 0 bridgehead atoms. The molecule has 11 heteroatoms. The molecule has 8 nitrogen and oxygen atoms in total. The van der Waals surface area contributed by atoms with E-state index < -0.39 is 35.8 Å². The molecule has 3 rings (SSSR count).